The quantitative estimate of drug-likeness (QED) is 0.877. The highest BCUT2D eigenvalue weighted by atomic mass is 16.5. The van der Waals surface area contributed by atoms with Gasteiger partial charge in [-0.2, -0.15) is 5.10 Å². The lowest BCUT2D eigenvalue weighted by Crippen LogP contribution is -2.15. The van der Waals surface area contributed by atoms with E-state index in [1.165, 1.54) is 24.0 Å². The summed E-state index contributed by atoms with van der Waals surface area (Å²) in [5.74, 6) is 0.924. The minimum absolute atomic E-state index is 0.731. The van der Waals surface area contributed by atoms with Crippen LogP contribution >= 0.6 is 0 Å². The van der Waals surface area contributed by atoms with Crippen LogP contribution in [0.1, 0.15) is 29.7 Å². The lowest BCUT2D eigenvalue weighted by Gasteiger charge is -2.11. The van der Waals surface area contributed by atoms with Crippen LogP contribution in [0.25, 0.3) is 0 Å². The predicted molar refractivity (Wildman–Crippen MR) is 78.9 cm³/mol. The standard InChI is InChI=1S/C16H21N3O/c1-12-7-8-19(18-12)11-14-9-13(3-6-16(14)20-2)10-17-15-4-5-15/h3,6-9,15,17H,4-5,10-11H2,1-2H3. The average Bonchev–Trinajstić information content (AvgIpc) is 3.19. The van der Waals surface area contributed by atoms with Crippen molar-refractivity contribution in [2.75, 3.05) is 7.11 Å². The fraction of sp³-hybridized carbons (Fsp3) is 0.438. The van der Waals surface area contributed by atoms with Gasteiger partial charge < -0.3 is 10.1 Å². The van der Waals surface area contributed by atoms with Crippen LogP contribution < -0.4 is 10.1 Å². The van der Waals surface area contributed by atoms with E-state index in [0.717, 1.165) is 30.6 Å². The van der Waals surface area contributed by atoms with Gasteiger partial charge in [-0.3, -0.25) is 4.68 Å². The molecule has 0 atom stereocenters. The molecule has 4 nitrogen and oxygen atoms in total. The third-order valence-corrected chi connectivity index (χ3v) is 3.62. The van der Waals surface area contributed by atoms with Crippen LogP contribution in [0.5, 0.6) is 5.75 Å². The van der Waals surface area contributed by atoms with Gasteiger partial charge in [0.2, 0.25) is 0 Å². The Morgan fingerprint density at radius 1 is 1.35 bits per heavy atom. The van der Waals surface area contributed by atoms with Crippen LogP contribution in [0, 0.1) is 6.92 Å². The molecule has 1 saturated carbocycles. The smallest absolute Gasteiger partial charge is 0.123 e. The van der Waals surface area contributed by atoms with Crippen molar-refractivity contribution < 1.29 is 4.74 Å². The number of methoxy groups -OCH3 is 1. The maximum absolute atomic E-state index is 5.46. The molecule has 1 aliphatic rings. The number of rotatable bonds is 6. The minimum atomic E-state index is 0.731. The van der Waals surface area contributed by atoms with Gasteiger partial charge >= 0.3 is 0 Å². The summed E-state index contributed by atoms with van der Waals surface area (Å²) < 4.78 is 7.41. The molecule has 20 heavy (non-hydrogen) atoms. The van der Waals surface area contributed by atoms with Gasteiger partial charge in [-0.05, 0) is 43.5 Å². The summed E-state index contributed by atoms with van der Waals surface area (Å²) in [6.45, 7) is 3.68. The molecule has 3 rings (SSSR count). The van der Waals surface area contributed by atoms with E-state index in [4.69, 9.17) is 4.74 Å². The molecule has 1 fully saturated rings. The van der Waals surface area contributed by atoms with Crippen molar-refractivity contribution in [3.63, 3.8) is 0 Å². The van der Waals surface area contributed by atoms with E-state index in [1.807, 2.05) is 23.9 Å². The Bertz CT molecular complexity index is 587. The first-order chi connectivity index (χ1) is 9.74. The molecule has 106 valence electrons. The number of aromatic nitrogens is 2. The second-order valence-corrected chi connectivity index (χ2v) is 5.46. The number of ether oxygens (including phenoxy) is 1. The molecule has 1 aromatic carbocycles. The van der Waals surface area contributed by atoms with Crippen molar-refractivity contribution in [2.45, 2.75) is 38.9 Å². The molecule has 2 aromatic rings. The molecule has 0 saturated heterocycles. The van der Waals surface area contributed by atoms with E-state index in [9.17, 15) is 0 Å². The number of nitrogens with one attached hydrogen (secondary N) is 1. The van der Waals surface area contributed by atoms with Gasteiger partial charge in [0, 0.05) is 24.3 Å². The number of hydrogen-bond donors (Lipinski definition) is 1. The number of nitrogens with zero attached hydrogens (tertiary/aromatic N) is 2. The fourth-order valence-electron chi connectivity index (χ4n) is 2.34. The summed E-state index contributed by atoms with van der Waals surface area (Å²) in [5, 5.41) is 7.98. The van der Waals surface area contributed by atoms with E-state index in [1.54, 1.807) is 7.11 Å². The topological polar surface area (TPSA) is 39.1 Å². The van der Waals surface area contributed by atoms with Crippen LogP contribution in [0.2, 0.25) is 0 Å². The first-order valence-electron chi connectivity index (χ1n) is 7.14. The molecule has 1 N–H and O–H groups in total. The summed E-state index contributed by atoms with van der Waals surface area (Å²) >= 11 is 0. The normalized spacial score (nSPS) is 14.5. The average molecular weight is 271 g/mol. The maximum atomic E-state index is 5.46. The molecule has 0 bridgehead atoms. The first-order valence-corrected chi connectivity index (χ1v) is 7.14. The fourth-order valence-corrected chi connectivity index (χ4v) is 2.34. The van der Waals surface area contributed by atoms with Gasteiger partial charge in [-0.25, -0.2) is 0 Å². The molecule has 0 aliphatic heterocycles. The van der Waals surface area contributed by atoms with E-state index in [-0.39, 0.29) is 0 Å². The van der Waals surface area contributed by atoms with Crippen LogP contribution in [0.4, 0.5) is 0 Å². The Hall–Kier alpha value is -1.81. The van der Waals surface area contributed by atoms with Crippen molar-refractivity contribution in [3.05, 3.63) is 47.3 Å². The van der Waals surface area contributed by atoms with Crippen molar-refractivity contribution >= 4 is 0 Å². The molecule has 0 amide bonds. The minimum Gasteiger partial charge on any atom is -0.496 e. The summed E-state index contributed by atoms with van der Waals surface area (Å²) in [6.07, 6.45) is 4.63. The molecule has 4 heteroatoms. The molecule has 0 spiro atoms. The summed E-state index contributed by atoms with van der Waals surface area (Å²) in [6, 6.07) is 9.15. The lowest BCUT2D eigenvalue weighted by molar-refractivity contribution is 0.407. The van der Waals surface area contributed by atoms with Gasteiger partial charge in [-0.15, -0.1) is 0 Å². The van der Waals surface area contributed by atoms with Gasteiger partial charge in [0.15, 0.2) is 0 Å². The third kappa shape index (κ3) is 3.20. The number of benzene rings is 1. The van der Waals surface area contributed by atoms with Crippen molar-refractivity contribution in [3.8, 4) is 5.75 Å². The lowest BCUT2D eigenvalue weighted by atomic mass is 10.1. The Kier molecular flexibility index (Phi) is 3.74. The first kappa shape index (κ1) is 13.2. The van der Waals surface area contributed by atoms with E-state index in [0.29, 0.717) is 0 Å². The maximum Gasteiger partial charge on any atom is 0.123 e. The largest absolute Gasteiger partial charge is 0.496 e. The SMILES string of the molecule is COc1ccc(CNC2CC2)cc1Cn1ccc(C)n1. The zero-order chi connectivity index (χ0) is 13.9. The Labute approximate surface area is 119 Å². The van der Waals surface area contributed by atoms with Crippen LogP contribution in [-0.4, -0.2) is 22.9 Å². The zero-order valence-corrected chi connectivity index (χ0v) is 12.1. The van der Waals surface area contributed by atoms with Crippen molar-refractivity contribution in [1.29, 1.82) is 0 Å². The molecular weight excluding hydrogens is 250 g/mol. The predicted octanol–water partition coefficient (Wildman–Crippen LogP) is 2.50. The molecule has 1 heterocycles. The summed E-state index contributed by atoms with van der Waals surface area (Å²) in [7, 11) is 1.72. The second kappa shape index (κ2) is 5.67. The number of aryl methyl sites for hydroxylation is 1. The van der Waals surface area contributed by atoms with Crippen LogP contribution in [0.3, 0.4) is 0 Å². The molecule has 1 aromatic heterocycles. The highest BCUT2D eigenvalue weighted by Gasteiger charge is 2.20. The van der Waals surface area contributed by atoms with Gasteiger partial charge in [0.25, 0.3) is 0 Å². The molecule has 0 unspecified atom stereocenters. The molecule has 0 radical (unpaired) electrons. The summed E-state index contributed by atoms with van der Waals surface area (Å²) in [5.41, 5.74) is 3.51. The van der Waals surface area contributed by atoms with Gasteiger partial charge in [0.1, 0.15) is 5.75 Å². The highest BCUT2D eigenvalue weighted by Crippen LogP contribution is 2.23. The number of hydrogen-bond acceptors (Lipinski definition) is 3. The molecule has 1 aliphatic carbocycles. The van der Waals surface area contributed by atoms with E-state index in [2.05, 4.69) is 28.6 Å². The Morgan fingerprint density at radius 3 is 2.85 bits per heavy atom. The van der Waals surface area contributed by atoms with Gasteiger partial charge in [0.05, 0.1) is 19.3 Å². The van der Waals surface area contributed by atoms with Crippen LogP contribution in [-0.2, 0) is 13.1 Å². The Balaban J connectivity index is 1.76. The van der Waals surface area contributed by atoms with Crippen molar-refractivity contribution in [1.82, 2.24) is 15.1 Å². The second-order valence-electron chi connectivity index (χ2n) is 5.46. The summed E-state index contributed by atoms with van der Waals surface area (Å²) in [4.78, 5) is 0. The zero-order valence-electron chi connectivity index (χ0n) is 12.1. The van der Waals surface area contributed by atoms with Gasteiger partial charge in [-0.1, -0.05) is 6.07 Å². The Morgan fingerprint density at radius 2 is 2.20 bits per heavy atom. The van der Waals surface area contributed by atoms with Crippen LogP contribution in [0.15, 0.2) is 30.5 Å². The van der Waals surface area contributed by atoms with Crippen molar-refractivity contribution in [2.24, 2.45) is 0 Å². The van der Waals surface area contributed by atoms with E-state index >= 15 is 0 Å². The molecular formula is C16H21N3O. The highest BCUT2D eigenvalue weighted by molar-refractivity contribution is 5.37. The van der Waals surface area contributed by atoms with E-state index < -0.39 is 0 Å². The monoisotopic (exact) mass is 271 g/mol. The third-order valence-electron chi connectivity index (χ3n) is 3.62.